The molecule has 0 fully saturated rings. The van der Waals surface area contributed by atoms with Gasteiger partial charge < -0.3 is 5.32 Å². The van der Waals surface area contributed by atoms with Crippen LogP contribution in [0.2, 0.25) is 0 Å². The summed E-state index contributed by atoms with van der Waals surface area (Å²) in [5.74, 6) is 0. The molecule has 2 rings (SSSR count). The van der Waals surface area contributed by atoms with Gasteiger partial charge in [0, 0.05) is 6.54 Å². The van der Waals surface area contributed by atoms with Crippen molar-refractivity contribution in [3.8, 4) is 0 Å². The molecule has 0 saturated heterocycles. The topological polar surface area (TPSA) is 12.0 Å². The lowest BCUT2D eigenvalue weighted by molar-refractivity contribution is 0.453. The van der Waals surface area contributed by atoms with Gasteiger partial charge in [0.25, 0.3) is 0 Å². The fourth-order valence-corrected chi connectivity index (χ4v) is 1.96. The van der Waals surface area contributed by atoms with Crippen molar-refractivity contribution in [3.05, 3.63) is 84.4 Å². The first-order valence-corrected chi connectivity index (χ1v) is 6.23. The van der Waals surface area contributed by atoms with Crippen molar-refractivity contribution < 1.29 is 0 Å². The van der Waals surface area contributed by atoms with Crippen molar-refractivity contribution in [2.75, 3.05) is 0 Å². The molecule has 1 unspecified atom stereocenters. The standard InChI is InChI=1S/C17H19N/c1-3-17(2,16-12-8-5-9-13-16)18-14-15-10-6-4-7-11-15/h3-13,18H,1,14H2,2H3. The van der Waals surface area contributed by atoms with Gasteiger partial charge in [0.2, 0.25) is 0 Å². The Morgan fingerprint density at radius 1 is 1.00 bits per heavy atom. The van der Waals surface area contributed by atoms with E-state index < -0.39 is 0 Å². The van der Waals surface area contributed by atoms with Crippen molar-refractivity contribution in [2.24, 2.45) is 0 Å². The first-order chi connectivity index (χ1) is 8.74. The van der Waals surface area contributed by atoms with Crippen LogP contribution in [0.15, 0.2) is 73.3 Å². The van der Waals surface area contributed by atoms with Gasteiger partial charge in [-0.25, -0.2) is 0 Å². The molecule has 0 aliphatic heterocycles. The van der Waals surface area contributed by atoms with Gasteiger partial charge in [-0.2, -0.15) is 0 Å². The van der Waals surface area contributed by atoms with Crippen LogP contribution >= 0.6 is 0 Å². The first-order valence-electron chi connectivity index (χ1n) is 6.23. The lowest BCUT2D eigenvalue weighted by Crippen LogP contribution is -2.36. The maximum atomic E-state index is 3.96. The molecule has 0 aliphatic rings. The van der Waals surface area contributed by atoms with Crippen molar-refractivity contribution in [2.45, 2.75) is 19.0 Å². The lowest BCUT2D eigenvalue weighted by atomic mass is 9.92. The van der Waals surface area contributed by atoms with E-state index in [1.165, 1.54) is 11.1 Å². The van der Waals surface area contributed by atoms with Crippen LogP contribution in [0.5, 0.6) is 0 Å². The molecule has 1 nitrogen and oxygen atoms in total. The van der Waals surface area contributed by atoms with Gasteiger partial charge in [0.1, 0.15) is 0 Å². The van der Waals surface area contributed by atoms with E-state index in [1.807, 2.05) is 18.2 Å². The molecule has 1 N–H and O–H groups in total. The summed E-state index contributed by atoms with van der Waals surface area (Å²) < 4.78 is 0. The molecular formula is C17H19N. The second kappa shape index (κ2) is 5.65. The molecule has 2 aromatic carbocycles. The maximum Gasteiger partial charge on any atom is 0.0591 e. The minimum Gasteiger partial charge on any atom is -0.300 e. The fourth-order valence-electron chi connectivity index (χ4n) is 1.96. The Balaban J connectivity index is 2.12. The van der Waals surface area contributed by atoms with E-state index >= 15 is 0 Å². The van der Waals surface area contributed by atoms with Crippen molar-refractivity contribution >= 4 is 0 Å². The third-order valence-corrected chi connectivity index (χ3v) is 3.28. The van der Waals surface area contributed by atoms with E-state index in [0.717, 1.165) is 6.54 Å². The maximum absolute atomic E-state index is 3.96. The van der Waals surface area contributed by atoms with Gasteiger partial charge in [-0.1, -0.05) is 66.7 Å². The van der Waals surface area contributed by atoms with E-state index in [0.29, 0.717) is 0 Å². The number of hydrogen-bond donors (Lipinski definition) is 1. The van der Waals surface area contributed by atoms with Crippen LogP contribution in [0.25, 0.3) is 0 Å². The van der Waals surface area contributed by atoms with E-state index in [-0.39, 0.29) is 5.54 Å². The first kappa shape index (κ1) is 12.6. The van der Waals surface area contributed by atoms with E-state index in [9.17, 15) is 0 Å². The molecule has 92 valence electrons. The number of rotatable bonds is 5. The largest absolute Gasteiger partial charge is 0.300 e. The van der Waals surface area contributed by atoms with E-state index in [1.54, 1.807) is 0 Å². The molecule has 0 saturated carbocycles. The highest BCUT2D eigenvalue weighted by Crippen LogP contribution is 2.22. The molecule has 18 heavy (non-hydrogen) atoms. The Morgan fingerprint density at radius 2 is 1.56 bits per heavy atom. The molecule has 0 aromatic heterocycles. The summed E-state index contributed by atoms with van der Waals surface area (Å²) in [5, 5.41) is 3.56. The predicted octanol–water partition coefficient (Wildman–Crippen LogP) is 3.88. The van der Waals surface area contributed by atoms with Crippen LogP contribution in [0.1, 0.15) is 18.1 Å². The molecule has 1 atom stereocenters. The van der Waals surface area contributed by atoms with Crippen molar-refractivity contribution in [1.82, 2.24) is 5.32 Å². The van der Waals surface area contributed by atoms with Crippen molar-refractivity contribution in [1.29, 1.82) is 0 Å². The minimum absolute atomic E-state index is 0.197. The zero-order valence-electron chi connectivity index (χ0n) is 10.8. The monoisotopic (exact) mass is 237 g/mol. The summed E-state index contributed by atoms with van der Waals surface area (Å²) in [6, 6.07) is 20.8. The van der Waals surface area contributed by atoms with Crippen LogP contribution in [0.3, 0.4) is 0 Å². The molecule has 1 heteroatoms. The molecule has 2 aromatic rings. The number of benzene rings is 2. The molecule has 0 radical (unpaired) electrons. The Hall–Kier alpha value is -1.86. The van der Waals surface area contributed by atoms with Crippen LogP contribution in [0.4, 0.5) is 0 Å². The van der Waals surface area contributed by atoms with Gasteiger partial charge in [0.15, 0.2) is 0 Å². The second-order valence-electron chi connectivity index (χ2n) is 4.61. The second-order valence-corrected chi connectivity index (χ2v) is 4.61. The van der Waals surface area contributed by atoms with E-state index in [4.69, 9.17) is 0 Å². The Labute approximate surface area is 109 Å². The molecule has 0 amide bonds. The quantitative estimate of drug-likeness (QED) is 0.778. The predicted molar refractivity (Wildman–Crippen MR) is 77.3 cm³/mol. The Morgan fingerprint density at radius 3 is 2.11 bits per heavy atom. The number of hydrogen-bond acceptors (Lipinski definition) is 1. The van der Waals surface area contributed by atoms with Crippen LogP contribution in [-0.2, 0) is 12.1 Å². The zero-order valence-corrected chi connectivity index (χ0v) is 10.8. The van der Waals surface area contributed by atoms with Crippen molar-refractivity contribution in [3.63, 3.8) is 0 Å². The van der Waals surface area contributed by atoms with E-state index in [2.05, 4.69) is 67.4 Å². The lowest BCUT2D eigenvalue weighted by Gasteiger charge is -2.28. The van der Waals surface area contributed by atoms with Crippen LogP contribution in [-0.4, -0.2) is 0 Å². The van der Waals surface area contributed by atoms with Gasteiger partial charge in [-0.05, 0) is 18.1 Å². The fraction of sp³-hybridized carbons (Fsp3) is 0.176. The molecule has 0 heterocycles. The molecule has 0 spiro atoms. The summed E-state index contributed by atoms with van der Waals surface area (Å²) in [6.45, 7) is 6.94. The molecule has 0 aliphatic carbocycles. The summed E-state index contributed by atoms with van der Waals surface area (Å²) >= 11 is 0. The zero-order chi connectivity index (χ0) is 12.8. The summed E-state index contributed by atoms with van der Waals surface area (Å²) in [6.07, 6.45) is 1.96. The SMILES string of the molecule is C=CC(C)(NCc1ccccc1)c1ccccc1. The summed E-state index contributed by atoms with van der Waals surface area (Å²) in [5.41, 5.74) is 2.31. The average molecular weight is 237 g/mol. The highest BCUT2D eigenvalue weighted by Gasteiger charge is 2.21. The molecular weight excluding hydrogens is 218 g/mol. The molecule has 0 bridgehead atoms. The Bertz CT molecular complexity index is 490. The average Bonchev–Trinajstić information content (AvgIpc) is 2.47. The van der Waals surface area contributed by atoms with Gasteiger partial charge in [0.05, 0.1) is 5.54 Å². The minimum atomic E-state index is -0.197. The normalized spacial score (nSPS) is 13.8. The summed E-state index contributed by atoms with van der Waals surface area (Å²) in [7, 11) is 0. The highest BCUT2D eigenvalue weighted by atomic mass is 15.0. The van der Waals surface area contributed by atoms with Crippen LogP contribution in [0, 0.1) is 0 Å². The third-order valence-electron chi connectivity index (χ3n) is 3.28. The van der Waals surface area contributed by atoms with Gasteiger partial charge >= 0.3 is 0 Å². The third kappa shape index (κ3) is 2.88. The van der Waals surface area contributed by atoms with Crippen LogP contribution < -0.4 is 5.32 Å². The van der Waals surface area contributed by atoms with Gasteiger partial charge in [-0.3, -0.25) is 0 Å². The Kier molecular flexibility index (Phi) is 3.96. The smallest absolute Gasteiger partial charge is 0.0591 e. The summed E-state index contributed by atoms with van der Waals surface area (Å²) in [4.78, 5) is 0. The van der Waals surface area contributed by atoms with Gasteiger partial charge in [-0.15, -0.1) is 6.58 Å². The number of nitrogens with one attached hydrogen (secondary N) is 1. The highest BCUT2D eigenvalue weighted by molar-refractivity contribution is 5.28.